The van der Waals surface area contributed by atoms with Crippen LogP contribution in [0.3, 0.4) is 0 Å². The van der Waals surface area contributed by atoms with E-state index >= 15 is 0 Å². The molecule has 10 rings (SSSR count). The van der Waals surface area contributed by atoms with E-state index < -0.39 is 0 Å². The topological polar surface area (TPSA) is 107 Å². The first kappa shape index (κ1) is 54.4. The van der Waals surface area contributed by atoms with Gasteiger partial charge in [-0.3, -0.25) is 14.4 Å². The molecular formula is C72H60O9. The van der Waals surface area contributed by atoms with Crippen molar-refractivity contribution in [3.8, 4) is 67.9 Å². The molecule has 0 radical (unpaired) electrons. The summed E-state index contributed by atoms with van der Waals surface area (Å²) in [7, 11) is 9.54. The van der Waals surface area contributed by atoms with Crippen LogP contribution in [0.2, 0.25) is 0 Å². The van der Waals surface area contributed by atoms with E-state index in [4.69, 9.17) is 28.4 Å². The summed E-state index contributed by atoms with van der Waals surface area (Å²) < 4.78 is 34.0. The van der Waals surface area contributed by atoms with E-state index in [9.17, 15) is 14.4 Å². The molecular weight excluding hydrogens is 1010 g/mol. The molecule has 9 nitrogen and oxygen atoms in total. The fourth-order valence-corrected chi connectivity index (χ4v) is 10.4. The molecule has 0 saturated heterocycles. The van der Waals surface area contributed by atoms with Crippen molar-refractivity contribution in [2.24, 2.45) is 0 Å². The van der Waals surface area contributed by atoms with E-state index in [1.807, 2.05) is 72.8 Å². The van der Waals surface area contributed by atoms with Gasteiger partial charge in [0.05, 0.1) is 59.3 Å². The Hall–Kier alpha value is -9.99. The Morgan fingerprint density at radius 1 is 0.259 bits per heavy atom. The van der Waals surface area contributed by atoms with Gasteiger partial charge in [-0.05, 0) is 142 Å². The number of carbonyl (C=O) groups excluding carboxylic acids is 3. The average molecular weight is 1070 g/mol. The Labute approximate surface area is 472 Å². The summed E-state index contributed by atoms with van der Waals surface area (Å²) in [4.78, 5) is 40.7. The Kier molecular flexibility index (Phi) is 16.6. The van der Waals surface area contributed by atoms with Crippen molar-refractivity contribution in [3.05, 3.63) is 285 Å². The first-order valence-electron chi connectivity index (χ1n) is 26.6. The largest absolute Gasteiger partial charge is 0.496 e. The van der Waals surface area contributed by atoms with Crippen molar-refractivity contribution < 1.29 is 42.8 Å². The molecule has 402 valence electrons. The summed E-state index contributed by atoms with van der Waals surface area (Å²) in [5.41, 5.74) is 15.5. The first-order chi connectivity index (χ1) is 39.6. The van der Waals surface area contributed by atoms with Crippen molar-refractivity contribution >= 4 is 17.3 Å². The van der Waals surface area contributed by atoms with E-state index in [0.29, 0.717) is 87.1 Å². The number of methoxy groups -OCH3 is 6. The standard InChI is InChI=1S/C72H60O9/c1-76-64-16-10-7-13-61(64)70(73)55-31-34-58(67(43-55)79-4)52-25-19-46(20-26-52)37-49-40-50(38-47-21-27-53(28-22-47)59-35-32-56(44-68(59)80-5)71(74)62-14-8-11-17-65(62)77-2)42-51(41-49)39-48-23-29-54(30-24-48)60-36-33-57(45-69(60)81-6)72(75)63-15-9-12-18-66(63)78-3/h7-36,40-45H,37-39H2,1-6H3. The molecule has 0 atom stereocenters. The monoisotopic (exact) mass is 1070 g/mol. The van der Waals surface area contributed by atoms with Crippen molar-refractivity contribution in [1.82, 2.24) is 0 Å². The molecule has 0 heterocycles. The average Bonchev–Trinajstić information content (AvgIpc) is 3.55. The maximum atomic E-state index is 13.6. The van der Waals surface area contributed by atoms with Crippen molar-refractivity contribution in [2.75, 3.05) is 42.7 Å². The predicted octanol–water partition coefficient (Wildman–Crippen LogP) is 15.2. The summed E-state index contributed by atoms with van der Waals surface area (Å²) in [6.07, 6.45) is 2.10. The van der Waals surface area contributed by atoms with Crippen LogP contribution in [0.1, 0.15) is 81.1 Å². The third kappa shape index (κ3) is 12.0. The summed E-state index contributed by atoms with van der Waals surface area (Å²) in [6, 6.07) is 70.7. The van der Waals surface area contributed by atoms with Crippen LogP contribution in [0, 0.1) is 0 Å². The second-order valence-corrected chi connectivity index (χ2v) is 19.6. The van der Waals surface area contributed by atoms with Crippen molar-refractivity contribution in [2.45, 2.75) is 19.3 Å². The summed E-state index contributed by atoms with van der Waals surface area (Å²) in [5.74, 6) is 2.93. The minimum atomic E-state index is -0.144. The lowest BCUT2D eigenvalue weighted by Gasteiger charge is -2.14. The van der Waals surface area contributed by atoms with Gasteiger partial charge < -0.3 is 28.4 Å². The molecule has 10 aromatic carbocycles. The molecule has 81 heavy (non-hydrogen) atoms. The predicted molar refractivity (Wildman–Crippen MR) is 319 cm³/mol. The van der Waals surface area contributed by atoms with Crippen LogP contribution >= 0.6 is 0 Å². The highest BCUT2D eigenvalue weighted by Gasteiger charge is 2.21. The zero-order valence-corrected chi connectivity index (χ0v) is 46.1. The second-order valence-electron chi connectivity index (χ2n) is 19.6. The number of hydrogen-bond donors (Lipinski definition) is 0. The van der Waals surface area contributed by atoms with E-state index in [1.165, 1.54) is 16.7 Å². The number of ether oxygens (including phenoxy) is 6. The molecule has 0 saturated carbocycles. The van der Waals surface area contributed by atoms with Crippen molar-refractivity contribution in [3.63, 3.8) is 0 Å². The Morgan fingerprint density at radius 3 is 0.753 bits per heavy atom. The fourth-order valence-electron chi connectivity index (χ4n) is 10.4. The van der Waals surface area contributed by atoms with E-state index in [-0.39, 0.29) is 17.3 Å². The van der Waals surface area contributed by atoms with Gasteiger partial charge in [-0.2, -0.15) is 0 Å². The molecule has 0 amide bonds. The number of hydrogen-bond acceptors (Lipinski definition) is 9. The number of benzene rings is 10. The van der Waals surface area contributed by atoms with Gasteiger partial charge in [0, 0.05) is 33.4 Å². The summed E-state index contributed by atoms with van der Waals surface area (Å²) in [5, 5.41) is 0. The van der Waals surface area contributed by atoms with Crippen LogP contribution in [-0.4, -0.2) is 60.0 Å². The third-order valence-electron chi connectivity index (χ3n) is 14.6. The van der Waals surface area contributed by atoms with Gasteiger partial charge in [0.1, 0.15) is 34.5 Å². The maximum absolute atomic E-state index is 13.6. The molecule has 0 bridgehead atoms. The van der Waals surface area contributed by atoms with Gasteiger partial charge in [0.25, 0.3) is 0 Å². The van der Waals surface area contributed by atoms with Crippen LogP contribution < -0.4 is 28.4 Å². The van der Waals surface area contributed by atoms with Crippen LogP contribution in [0.5, 0.6) is 34.5 Å². The lowest BCUT2D eigenvalue weighted by Crippen LogP contribution is -2.04. The van der Waals surface area contributed by atoms with E-state index in [0.717, 1.165) is 50.1 Å². The molecule has 0 spiro atoms. The fraction of sp³-hybridized carbons (Fsp3) is 0.125. The SMILES string of the molecule is COc1ccccc1C(=O)c1ccc(-c2ccc(Cc3cc(Cc4ccc(-c5ccc(C(=O)c6ccccc6OC)cc5OC)cc4)cc(Cc4ccc(-c5ccc(C(=O)c6ccccc6OC)cc5OC)cc4)c3)cc2)c(OC)c1. The van der Waals surface area contributed by atoms with Crippen LogP contribution in [-0.2, 0) is 19.3 Å². The molecule has 0 N–H and O–H groups in total. The molecule has 0 aromatic heterocycles. The molecule has 0 unspecified atom stereocenters. The van der Waals surface area contributed by atoms with Crippen molar-refractivity contribution in [1.29, 1.82) is 0 Å². The molecule has 0 aliphatic carbocycles. The van der Waals surface area contributed by atoms with Gasteiger partial charge in [-0.15, -0.1) is 0 Å². The quantitative estimate of drug-likeness (QED) is 0.0650. The Morgan fingerprint density at radius 2 is 0.506 bits per heavy atom. The zero-order valence-electron chi connectivity index (χ0n) is 46.1. The molecule has 10 aromatic rings. The Balaban J connectivity index is 0.911. The molecule has 0 fully saturated rings. The first-order valence-corrected chi connectivity index (χ1v) is 26.6. The second kappa shape index (κ2) is 24.8. The minimum absolute atomic E-state index is 0.144. The van der Waals surface area contributed by atoms with Gasteiger partial charge in [-0.1, -0.05) is 146 Å². The minimum Gasteiger partial charge on any atom is -0.496 e. The highest BCUT2D eigenvalue weighted by Crippen LogP contribution is 2.37. The normalized spacial score (nSPS) is 10.9. The number of carbonyl (C=O) groups is 3. The zero-order chi connectivity index (χ0) is 56.4. The summed E-state index contributed by atoms with van der Waals surface area (Å²) in [6.45, 7) is 0. The Bertz CT molecular complexity index is 3500. The number of ketones is 3. The third-order valence-corrected chi connectivity index (χ3v) is 14.6. The van der Waals surface area contributed by atoms with Crippen LogP contribution in [0.4, 0.5) is 0 Å². The smallest absolute Gasteiger partial charge is 0.196 e. The highest BCUT2D eigenvalue weighted by atomic mass is 16.5. The molecule has 0 aliphatic rings. The van der Waals surface area contributed by atoms with Crippen LogP contribution in [0.25, 0.3) is 33.4 Å². The lowest BCUT2D eigenvalue weighted by atomic mass is 9.92. The van der Waals surface area contributed by atoms with Crippen LogP contribution in [0.15, 0.2) is 218 Å². The number of para-hydroxylation sites is 3. The van der Waals surface area contributed by atoms with Gasteiger partial charge >= 0.3 is 0 Å². The van der Waals surface area contributed by atoms with E-state index in [1.54, 1.807) is 97.3 Å². The maximum Gasteiger partial charge on any atom is 0.196 e. The molecule has 9 heteroatoms. The highest BCUT2D eigenvalue weighted by molar-refractivity contribution is 6.12. The van der Waals surface area contributed by atoms with E-state index in [2.05, 4.69) is 91.0 Å². The number of rotatable bonds is 21. The van der Waals surface area contributed by atoms with Gasteiger partial charge in [0.2, 0.25) is 0 Å². The molecule has 0 aliphatic heterocycles. The lowest BCUT2D eigenvalue weighted by molar-refractivity contribution is 0.102. The van der Waals surface area contributed by atoms with Gasteiger partial charge in [0.15, 0.2) is 17.3 Å². The van der Waals surface area contributed by atoms with Gasteiger partial charge in [-0.25, -0.2) is 0 Å². The summed E-state index contributed by atoms with van der Waals surface area (Å²) >= 11 is 0.